The fourth-order valence-corrected chi connectivity index (χ4v) is 7.17. The fraction of sp³-hybridized carbons (Fsp3) is 0.621. The van der Waals surface area contributed by atoms with Gasteiger partial charge in [0.15, 0.2) is 14.9 Å². The predicted octanol–water partition coefficient (Wildman–Crippen LogP) is 6.09. The van der Waals surface area contributed by atoms with E-state index in [0.717, 1.165) is 36.8 Å². The second kappa shape index (κ2) is 11.6. The summed E-state index contributed by atoms with van der Waals surface area (Å²) in [6.45, 7) is 8.38. The van der Waals surface area contributed by atoms with Gasteiger partial charge in [-0.25, -0.2) is 18.2 Å². The third-order valence-corrected chi connectivity index (χ3v) is 10.4. The zero-order chi connectivity index (χ0) is 28.5. The van der Waals surface area contributed by atoms with Gasteiger partial charge in [-0.1, -0.05) is 33.8 Å². The molecular weight excluding hydrogens is 536 g/mol. The van der Waals surface area contributed by atoms with Gasteiger partial charge >= 0.3 is 5.97 Å². The van der Waals surface area contributed by atoms with Crippen LogP contribution in [-0.4, -0.2) is 48.8 Å². The number of anilines is 1. The minimum Gasteiger partial charge on any atom is -0.477 e. The topological polar surface area (TPSA) is 114 Å². The van der Waals surface area contributed by atoms with Crippen LogP contribution in [0.5, 0.6) is 5.88 Å². The van der Waals surface area contributed by atoms with E-state index >= 15 is 0 Å². The number of thiophene rings is 1. The molecule has 10 heteroatoms. The van der Waals surface area contributed by atoms with Gasteiger partial charge in [-0.3, -0.25) is 4.79 Å². The van der Waals surface area contributed by atoms with Crippen LogP contribution in [0, 0.1) is 11.8 Å². The zero-order valence-corrected chi connectivity index (χ0v) is 25.1. The predicted molar refractivity (Wildman–Crippen MR) is 153 cm³/mol. The van der Waals surface area contributed by atoms with Gasteiger partial charge in [0.2, 0.25) is 11.8 Å². The van der Waals surface area contributed by atoms with Crippen LogP contribution in [0.3, 0.4) is 0 Å². The summed E-state index contributed by atoms with van der Waals surface area (Å²) in [5, 5.41) is 10.1. The highest BCUT2D eigenvalue weighted by molar-refractivity contribution is 7.90. The van der Waals surface area contributed by atoms with Crippen LogP contribution in [0.1, 0.15) is 93.6 Å². The molecular formula is C29H40N2O6S2. The largest absolute Gasteiger partial charge is 0.477 e. The number of rotatable bonds is 7. The van der Waals surface area contributed by atoms with Gasteiger partial charge < -0.3 is 14.7 Å². The van der Waals surface area contributed by atoms with E-state index in [9.17, 15) is 23.1 Å². The number of aromatic nitrogens is 1. The molecule has 1 N–H and O–H groups in total. The molecule has 0 aromatic carbocycles. The van der Waals surface area contributed by atoms with E-state index in [1.807, 2.05) is 11.0 Å². The smallest absolute Gasteiger partial charge is 0.348 e. The molecule has 2 aromatic heterocycles. The zero-order valence-electron chi connectivity index (χ0n) is 23.5. The average Bonchev–Trinajstić information content (AvgIpc) is 3.31. The van der Waals surface area contributed by atoms with Gasteiger partial charge in [0, 0.05) is 29.2 Å². The Labute approximate surface area is 235 Å². The summed E-state index contributed by atoms with van der Waals surface area (Å²) in [5.41, 5.74) is 0.286. The first-order chi connectivity index (χ1) is 18.2. The Morgan fingerprint density at radius 3 is 2.26 bits per heavy atom. The van der Waals surface area contributed by atoms with Crippen LogP contribution in [0.2, 0.25) is 0 Å². The van der Waals surface area contributed by atoms with E-state index in [-0.39, 0.29) is 45.2 Å². The van der Waals surface area contributed by atoms with Gasteiger partial charge in [0.25, 0.3) is 0 Å². The van der Waals surface area contributed by atoms with Crippen LogP contribution in [0.25, 0.3) is 0 Å². The normalized spacial score (nSPS) is 24.2. The molecule has 8 nitrogen and oxygen atoms in total. The van der Waals surface area contributed by atoms with Crippen molar-refractivity contribution in [2.75, 3.05) is 11.2 Å². The lowest BCUT2D eigenvalue weighted by Gasteiger charge is -2.39. The van der Waals surface area contributed by atoms with Crippen molar-refractivity contribution in [3.63, 3.8) is 0 Å². The van der Waals surface area contributed by atoms with Gasteiger partial charge in [-0.05, 0) is 74.8 Å². The Kier molecular flexibility index (Phi) is 8.76. The molecule has 0 saturated heterocycles. The van der Waals surface area contributed by atoms with Gasteiger partial charge in [-0.2, -0.15) is 0 Å². The molecule has 0 atom stereocenters. The quantitative estimate of drug-likeness (QED) is 0.424. The van der Waals surface area contributed by atoms with E-state index in [0.29, 0.717) is 37.3 Å². The summed E-state index contributed by atoms with van der Waals surface area (Å²) >= 11 is 1.26. The van der Waals surface area contributed by atoms with Crippen LogP contribution >= 0.6 is 11.3 Å². The lowest BCUT2D eigenvalue weighted by atomic mass is 9.81. The van der Waals surface area contributed by atoms with Crippen LogP contribution in [-0.2, 0) is 20.0 Å². The molecule has 2 fully saturated rings. The number of hydrogen-bond donors (Lipinski definition) is 1. The van der Waals surface area contributed by atoms with Crippen LogP contribution in [0.4, 0.5) is 5.69 Å². The molecule has 0 unspecified atom stereocenters. The number of carboxylic acids is 1. The standard InChI is InChI=1S/C29H40N2O6S2/c1-18-9-11-19(12-10-18)27(32)31(22-17-23(29(2,3)4)38-26(22)28(33)34)20-13-15-21(16-14-20)37-24-7-6-8-25(30-24)39(5,35)36/h6-8,17-21H,9-16H2,1-5H3,(H,33,34). The van der Waals surface area contributed by atoms with Crippen molar-refractivity contribution in [3.8, 4) is 5.88 Å². The highest BCUT2D eigenvalue weighted by Gasteiger charge is 2.38. The Balaban J connectivity index is 1.58. The van der Waals surface area contributed by atoms with Crippen molar-refractivity contribution in [1.82, 2.24) is 4.98 Å². The second-order valence-corrected chi connectivity index (χ2v) is 15.2. The first-order valence-corrected chi connectivity index (χ1v) is 16.5. The summed E-state index contributed by atoms with van der Waals surface area (Å²) in [6, 6.07) is 6.50. The van der Waals surface area contributed by atoms with Crippen molar-refractivity contribution in [1.29, 1.82) is 0 Å². The minimum atomic E-state index is -3.44. The van der Waals surface area contributed by atoms with Crippen molar-refractivity contribution in [3.05, 3.63) is 34.0 Å². The molecule has 0 bridgehead atoms. The number of carbonyl (C=O) groups is 2. The van der Waals surface area contributed by atoms with Crippen LogP contribution in [0.15, 0.2) is 29.3 Å². The molecule has 2 heterocycles. The number of ether oxygens (including phenoxy) is 1. The molecule has 2 aromatic rings. The maximum atomic E-state index is 14.1. The average molecular weight is 577 g/mol. The molecule has 1 amide bonds. The Morgan fingerprint density at radius 2 is 1.69 bits per heavy atom. The number of amides is 1. The lowest BCUT2D eigenvalue weighted by molar-refractivity contribution is -0.124. The SMILES string of the molecule is CC1CCC(C(=O)N(c2cc(C(C)(C)C)sc2C(=O)O)C2CCC(Oc3cccc(S(C)(=O)=O)n3)CC2)CC1. The molecule has 2 aliphatic carbocycles. The molecule has 0 spiro atoms. The monoisotopic (exact) mass is 576 g/mol. The number of hydrogen-bond acceptors (Lipinski definition) is 7. The first-order valence-electron chi connectivity index (χ1n) is 13.8. The molecule has 214 valence electrons. The van der Waals surface area contributed by atoms with Crippen molar-refractivity contribution >= 4 is 38.7 Å². The first kappa shape index (κ1) is 29.5. The number of carboxylic acid groups (broad SMARTS) is 1. The maximum Gasteiger partial charge on any atom is 0.348 e. The van der Waals surface area contributed by atoms with Crippen molar-refractivity contribution in [2.24, 2.45) is 11.8 Å². The number of sulfone groups is 1. The molecule has 0 radical (unpaired) electrons. The fourth-order valence-electron chi connectivity index (χ4n) is 5.54. The number of aromatic carboxylic acids is 1. The summed E-state index contributed by atoms with van der Waals surface area (Å²) in [5.74, 6) is -0.193. The Hall–Kier alpha value is -2.46. The van der Waals surface area contributed by atoms with E-state index in [2.05, 4.69) is 32.7 Å². The number of pyridine rings is 1. The van der Waals surface area contributed by atoms with Gasteiger partial charge in [-0.15, -0.1) is 11.3 Å². The van der Waals surface area contributed by atoms with E-state index in [4.69, 9.17) is 4.74 Å². The Bertz CT molecular complexity index is 1300. The third kappa shape index (κ3) is 7.01. The summed E-state index contributed by atoms with van der Waals surface area (Å²) in [6.07, 6.45) is 7.24. The van der Waals surface area contributed by atoms with E-state index in [1.54, 1.807) is 12.1 Å². The second-order valence-electron chi connectivity index (χ2n) is 12.2. The van der Waals surface area contributed by atoms with Crippen molar-refractivity contribution < 1.29 is 27.9 Å². The third-order valence-electron chi connectivity index (χ3n) is 7.88. The Morgan fingerprint density at radius 1 is 1.05 bits per heavy atom. The highest BCUT2D eigenvalue weighted by Crippen LogP contribution is 2.42. The van der Waals surface area contributed by atoms with E-state index < -0.39 is 15.8 Å². The minimum absolute atomic E-state index is 0.0273. The molecule has 0 aliphatic heterocycles. The molecule has 2 aliphatic rings. The molecule has 2 saturated carbocycles. The number of carbonyl (C=O) groups excluding carboxylic acids is 1. The van der Waals surface area contributed by atoms with Crippen LogP contribution < -0.4 is 9.64 Å². The van der Waals surface area contributed by atoms with Gasteiger partial charge in [0.05, 0.1) is 5.69 Å². The summed E-state index contributed by atoms with van der Waals surface area (Å²) in [7, 11) is -3.44. The molecule has 4 rings (SSSR count). The number of nitrogens with zero attached hydrogens (tertiary/aromatic N) is 2. The maximum absolute atomic E-state index is 14.1. The van der Waals surface area contributed by atoms with Gasteiger partial charge in [0.1, 0.15) is 11.0 Å². The lowest BCUT2D eigenvalue weighted by Crippen LogP contribution is -2.47. The summed E-state index contributed by atoms with van der Waals surface area (Å²) in [4.78, 5) is 33.6. The van der Waals surface area contributed by atoms with E-state index in [1.165, 1.54) is 17.4 Å². The molecule has 39 heavy (non-hydrogen) atoms. The summed E-state index contributed by atoms with van der Waals surface area (Å²) < 4.78 is 29.8. The van der Waals surface area contributed by atoms with Crippen molar-refractivity contribution in [2.45, 2.75) is 102 Å². The highest BCUT2D eigenvalue weighted by atomic mass is 32.2.